The summed E-state index contributed by atoms with van der Waals surface area (Å²) in [5.74, 6) is -0.102. The number of phenols is 1. The van der Waals surface area contributed by atoms with Crippen molar-refractivity contribution >= 4 is 11.6 Å². The molecule has 2 N–H and O–H groups in total. The number of hydrogen-bond acceptors (Lipinski definition) is 2. The SMILES string of the molecule is CCNC(Cc1cccc(O)c1)Cc1cccc(Cl)c1F. The minimum Gasteiger partial charge on any atom is -0.508 e. The van der Waals surface area contributed by atoms with E-state index < -0.39 is 0 Å². The predicted molar refractivity (Wildman–Crippen MR) is 84.4 cm³/mol. The van der Waals surface area contributed by atoms with E-state index >= 15 is 0 Å². The Morgan fingerprint density at radius 2 is 1.95 bits per heavy atom. The van der Waals surface area contributed by atoms with E-state index in [1.165, 1.54) is 0 Å². The molecular weight excluding hydrogens is 289 g/mol. The first-order valence-electron chi connectivity index (χ1n) is 7.04. The highest BCUT2D eigenvalue weighted by Gasteiger charge is 2.14. The topological polar surface area (TPSA) is 32.3 Å². The normalized spacial score (nSPS) is 12.3. The molecule has 0 radical (unpaired) electrons. The van der Waals surface area contributed by atoms with E-state index in [4.69, 9.17) is 11.6 Å². The van der Waals surface area contributed by atoms with E-state index in [1.54, 1.807) is 30.3 Å². The summed E-state index contributed by atoms with van der Waals surface area (Å²) in [6.45, 7) is 2.81. The van der Waals surface area contributed by atoms with E-state index in [0.717, 1.165) is 12.1 Å². The van der Waals surface area contributed by atoms with Crippen LogP contribution in [0.4, 0.5) is 4.39 Å². The van der Waals surface area contributed by atoms with Crippen molar-refractivity contribution in [1.29, 1.82) is 0 Å². The molecule has 21 heavy (non-hydrogen) atoms. The maximum Gasteiger partial charge on any atom is 0.145 e. The molecule has 0 aromatic heterocycles. The van der Waals surface area contributed by atoms with Crippen LogP contribution in [-0.4, -0.2) is 17.7 Å². The molecule has 0 amide bonds. The van der Waals surface area contributed by atoms with E-state index in [1.807, 2.05) is 19.1 Å². The molecule has 1 atom stereocenters. The molecule has 2 rings (SSSR count). The number of rotatable bonds is 6. The standard InChI is InChI=1S/C17H19ClFNO/c1-2-20-14(9-12-5-3-7-15(21)10-12)11-13-6-4-8-16(18)17(13)19/h3-8,10,14,20-21H,2,9,11H2,1H3. The molecule has 2 aromatic carbocycles. The third-order valence-corrected chi connectivity index (χ3v) is 3.68. The van der Waals surface area contributed by atoms with Gasteiger partial charge in [0.05, 0.1) is 5.02 Å². The van der Waals surface area contributed by atoms with Crippen molar-refractivity contribution in [1.82, 2.24) is 5.32 Å². The van der Waals surface area contributed by atoms with Crippen LogP contribution in [0.15, 0.2) is 42.5 Å². The molecule has 0 saturated heterocycles. The van der Waals surface area contributed by atoms with Crippen LogP contribution in [-0.2, 0) is 12.8 Å². The lowest BCUT2D eigenvalue weighted by Crippen LogP contribution is -2.33. The first kappa shape index (κ1) is 15.8. The van der Waals surface area contributed by atoms with Crippen LogP contribution in [0.2, 0.25) is 5.02 Å². The van der Waals surface area contributed by atoms with Gasteiger partial charge < -0.3 is 10.4 Å². The molecule has 0 fully saturated rings. The van der Waals surface area contributed by atoms with Gasteiger partial charge in [-0.25, -0.2) is 4.39 Å². The van der Waals surface area contributed by atoms with Gasteiger partial charge in [-0.3, -0.25) is 0 Å². The Bertz CT molecular complexity index is 603. The molecule has 4 heteroatoms. The molecule has 0 aliphatic rings. The Morgan fingerprint density at radius 1 is 1.19 bits per heavy atom. The largest absolute Gasteiger partial charge is 0.508 e. The molecule has 112 valence electrons. The monoisotopic (exact) mass is 307 g/mol. The smallest absolute Gasteiger partial charge is 0.145 e. The van der Waals surface area contributed by atoms with Gasteiger partial charge in [0.15, 0.2) is 0 Å². The van der Waals surface area contributed by atoms with Crippen LogP contribution in [0, 0.1) is 5.82 Å². The lowest BCUT2D eigenvalue weighted by Gasteiger charge is -2.19. The molecular formula is C17H19ClFNO. The Morgan fingerprint density at radius 3 is 2.67 bits per heavy atom. The highest BCUT2D eigenvalue weighted by atomic mass is 35.5. The number of benzene rings is 2. The van der Waals surface area contributed by atoms with Crippen LogP contribution in [0.3, 0.4) is 0 Å². The zero-order valence-electron chi connectivity index (χ0n) is 11.9. The molecule has 0 aliphatic carbocycles. The van der Waals surface area contributed by atoms with Gasteiger partial charge in [-0.05, 0) is 48.7 Å². The van der Waals surface area contributed by atoms with Gasteiger partial charge in [0, 0.05) is 6.04 Å². The minimum atomic E-state index is -0.349. The Kier molecular flexibility index (Phi) is 5.59. The maximum absolute atomic E-state index is 14.0. The van der Waals surface area contributed by atoms with Crippen LogP contribution in [0.25, 0.3) is 0 Å². The number of hydrogen-bond donors (Lipinski definition) is 2. The average molecular weight is 308 g/mol. The van der Waals surface area contributed by atoms with Crippen molar-refractivity contribution in [2.24, 2.45) is 0 Å². The summed E-state index contributed by atoms with van der Waals surface area (Å²) >= 11 is 5.83. The fraction of sp³-hybridized carbons (Fsp3) is 0.294. The second-order valence-electron chi connectivity index (χ2n) is 5.05. The molecule has 0 spiro atoms. The van der Waals surface area contributed by atoms with Crippen molar-refractivity contribution in [3.63, 3.8) is 0 Å². The minimum absolute atomic E-state index is 0.0877. The molecule has 1 unspecified atom stereocenters. The highest BCUT2D eigenvalue weighted by molar-refractivity contribution is 6.30. The van der Waals surface area contributed by atoms with Crippen molar-refractivity contribution in [2.75, 3.05) is 6.54 Å². The summed E-state index contributed by atoms with van der Waals surface area (Å²) < 4.78 is 14.0. The third kappa shape index (κ3) is 4.45. The lowest BCUT2D eigenvalue weighted by atomic mass is 9.98. The first-order valence-corrected chi connectivity index (χ1v) is 7.42. The highest BCUT2D eigenvalue weighted by Crippen LogP contribution is 2.20. The molecule has 0 bridgehead atoms. The average Bonchev–Trinajstić information content (AvgIpc) is 2.44. The molecule has 2 nitrogen and oxygen atoms in total. The van der Waals surface area contributed by atoms with Gasteiger partial charge in [-0.2, -0.15) is 0 Å². The van der Waals surface area contributed by atoms with Crippen LogP contribution < -0.4 is 5.32 Å². The van der Waals surface area contributed by atoms with Crippen LogP contribution >= 0.6 is 11.6 Å². The Balaban J connectivity index is 2.13. The van der Waals surface area contributed by atoms with Crippen LogP contribution in [0.1, 0.15) is 18.1 Å². The zero-order valence-corrected chi connectivity index (χ0v) is 12.7. The summed E-state index contributed by atoms with van der Waals surface area (Å²) in [6, 6.07) is 12.3. The number of phenolic OH excluding ortho intramolecular Hbond substituents is 1. The van der Waals surface area contributed by atoms with Gasteiger partial charge in [0.2, 0.25) is 0 Å². The van der Waals surface area contributed by atoms with E-state index in [9.17, 15) is 9.50 Å². The zero-order chi connectivity index (χ0) is 15.2. The first-order chi connectivity index (χ1) is 10.1. The van der Waals surface area contributed by atoms with Crippen molar-refractivity contribution in [3.05, 3.63) is 64.4 Å². The van der Waals surface area contributed by atoms with Gasteiger partial charge >= 0.3 is 0 Å². The molecule has 0 aliphatic heterocycles. The quantitative estimate of drug-likeness (QED) is 0.847. The van der Waals surface area contributed by atoms with Crippen LogP contribution in [0.5, 0.6) is 5.75 Å². The van der Waals surface area contributed by atoms with E-state index in [2.05, 4.69) is 5.32 Å². The number of likely N-dealkylation sites (N-methyl/N-ethyl adjacent to an activating group) is 1. The summed E-state index contributed by atoms with van der Waals surface area (Å²) in [5.41, 5.74) is 1.62. The second-order valence-corrected chi connectivity index (χ2v) is 5.45. The van der Waals surface area contributed by atoms with Gasteiger partial charge in [-0.1, -0.05) is 42.8 Å². The van der Waals surface area contributed by atoms with Crippen molar-refractivity contribution in [2.45, 2.75) is 25.8 Å². The third-order valence-electron chi connectivity index (χ3n) is 3.38. The summed E-state index contributed by atoms with van der Waals surface area (Å²) in [5, 5.41) is 13.0. The van der Waals surface area contributed by atoms with Gasteiger partial charge in [0.1, 0.15) is 11.6 Å². The van der Waals surface area contributed by atoms with Gasteiger partial charge in [-0.15, -0.1) is 0 Å². The van der Waals surface area contributed by atoms with Gasteiger partial charge in [0.25, 0.3) is 0 Å². The Labute approximate surface area is 129 Å². The Hall–Kier alpha value is -1.58. The fourth-order valence-corrected chi connectivity index (χ4v) is 2.64. The number of halogens is 2. The van der Waals surface area contributed by atoms with Crippen molar-refractivity contribution in [3.8, 4) is 5.75 Å². The summed E-state index contributed by atoms with van der Waals surface area (Å²) in [7, 11) is 0. The second kappa shape index (κ2) is 7.43. The summed E-state index contributed by atoms with van der Waals surface area (Å²) in [6.07, 6.45) is 1.27. The summed E-state index contributed by atoms with van der Waals surface area (Å²) in [4.78, 5) is 0. The lowest BCUT2D eigenvalue weighted by molar-refractivity contribution is 0.471. The maximum atomic E-state index is 14.0. The van der Waals surface area contributed by atoms with Crippen molar-refractivity contribution < 1.29 is 9.50 Å². The molecule has 0 saturated carbocycles. The predicted octanol–water partition coefficient (Wildman–Crippen LogP) is 3.95. The molecule has 2 aromatic rings. The van der Waals surface area contributed by atoms with E-state index in [0.29, 0.717) is 18.4 Å². The molecule has 0 heterocycles. The van der Waals surface area contributed by atoms with E-state index in [-0.39, 0.29) is 22.6 Å². The fourth-order valence-electron chi connectivity index (χ4n) is 2.44. The number of aromatic hydroxyl groups is 1. The number of nitrogens with one attached hydrogen (secondary N) is 1.